The summed E-state index contributed by atoms with van der Waals surface area (Å²) in [5, 5.41) is 15.9. The number of nitrogens with zero attached hydrogens (tertiary/aromatic N) is 1. The summed E-state index contributed by atoms with van der Waals surface area (Å²) in [6, 6.07) is 18.5. The van der Waals surface area contributed by atoms with Gasteiger partial charge in [-0.05, 0) is 29.1 Å². The Morgan fingerprint density at radius 1 is 1.12 bits per heavy atom. The molecule has 5 heteroatoms. The Labute approximate surface area is 145 Å². The lowest BCUT2D eigenvalue weighted by atomic mass is 10.1. The molecule has 3 aromatic carbocycles. The smallest absolute Gasteiger partial charge is 0.244 e. The van der Waals surface area contributed by atoms with E-state index in [9.17, 15) is 9.90 Å². The molecule has 25 heavy (non-hydrogen) atoms. The van der Waals surface area contributed by atoms with Crippen LogP contribution in [0.1, 0.15) is 11.1 Å². The van der Waals surface area contributed by atoms with Crippen molar-refractivity contribution in [2.24, 2.45) is 5.10 Å². The summed E-state index contributed by atoms with van der Waals surface area (Å²) >= 11 is 0. The Bertz CT molecular complexity index is 918. The monoisotopic (exact) mass is 334 g/mol. The molecule has 3 aromatic rings. The van der Waals surface area contributed by atoms with Gasteiger partial charge in [0.25, 0.3) is 0 Å². The van der Waals surface area contributed by atoms with E-state index in [-0.39, 0.29) is 18.1 Å². The highest BCUT2D eigenvalue weighted by Crippen LogP contribution is 2.27. The number of phenols is 1. The van der Waals surface area contributed by atoms with Gasteiger partial charge in [0, 0.05) is 10.9 Å². The third-order valence-electron chi connectivity index (χ3n) is 3.85. The zero-order valence-electron chi connectivity index (χ0n) is 13.8. The molecule has 0 aromatic heterocycles. The van der Waals surface area contributed by atoms with Gasteiger partial charge in [0.15, 0.2) is 0 Å². The number of ether oxygens (including phenoxy) is 1. The Kier molecular flexibility index (Phi) is 4.95. The van der Waals surface area contributed by atoms with Gasteiger partial charge in [0.1, 0.15) is 11.5 Å². The number of hydrogen-bond donors (Lipinski definition) is 2. The van der Waals surface area contributed by atoms with Gasteiger partial charge >= 0.3 is 0 Å². The molecule has 0 fully saturated rings. The van der Waals surface area contributed by atoms with Crippen LogP contribution in [0.3, 0.4) is 0 Å². The number of hydrogen-bond acceptors (Lipinski definition) is 4. The molecule has 0 bridgehead atoms. The van der Waals surface area contributed by atoms with Gasteiger partial charge in [-0.1, -0.05) is 42.5 Å². The van der Waals surface area contributed by atoms with Gasteiger partial charge in [0.2, 0.25) is 5.91 Å². The Balaban J connectivity index is 1.64. The lowest BCUT2D eigenvalue weighted by Crippen LogP contribution is -2.19. The summed E-state index contributed by atoms with van der Waals surface area (Å²) in [5.41, 5.74) is 3.88. The maximum absolute atomic E-state index is 11.9. The number of phenolic OH excluding ortho intramolecular Hbond substituents is 1. The van der Waals surface area contributed by atoms with Crippen LogP contribution >= 0.6 is 0 Å². The van der Waals surface area contributed by atoms with Crippen molar-refractivity contribution in [3.05, 3.63) is 71.8 Å². The fourth-order valence-corrected chi connectivity index (χ4v) is 2.52. The van der Waals surface area contributed by atoms with Gasteiger partial charge < -0.3 is 9.84 Å². The summed E-state index contributed by atoms with van der Waals surface area (Å²) in [6.07, 6.45) is 1.65. The van der Waals surface area contributed by atoms with Crippen molar-refractivity contribution in [3.63, 3.8) is 0 Å². The summed E-state index contributed by atoms with van der Waals surface area (Å²) in [4.78, 5) is 11.9. The molecule has 0 heterocycles. The van der Waals surface area contributed by atoms with Crippen LogP contribution in [0.25, 0.3) is 10.8 Å². The van der Waals surface area contributed by atoms with Crippen LogP contribution in [0, 0.1) is 0 Å². The molecular weight excluding hydrogens is 316 g/mol. The number of rotatable bonds is 5. The molecule has 1 amide bonds. The van der Waals surface area contributed by atoms with E-state index in [0.717, 1.165) is 22.1 Å². The Hall–Kier alpha value is -3.34. The maximum atomic E-state index is 11.9. The largest absolute Gasteiger partial charge is 0.507 e. The first-order valence-corrected chi connectivity index (χ1v) is 7.83. The maximum Gasteiger partial charge on any atom is 0.244 e. The summed E-state index contributed by atoms with van der Waals surface area (Å²) in [6.45, 7) is 0. The number of carbonyl (C=O) groups is 1. The minimum Gasteiger partial charge on any atom is -0.507 e. The van der Waals surface area contributed by atoms with E-state index >= 15 is 0 Å². The molecule has 5 nitrogen and oxygen atoms in total. The van der Waals surface area contributed by atoms with Crippen LogP contribution in [-0.4, -0.2) is 24.3 Å². The highest BCUT2D eigenvalue weighted by atomic mass is 16.5. The highest BCUT2D eigenvalue weighted by Gasteiger charge is 2.05. The molecule has 0 saturated heterocycles. The van der Waals surface area contributed by atoms with E-state index in [2.05, 4.69) is 10.5 Å². The molecule has 0 aliphatic carbocycles. The van der Waals surface area contributed by atoms with Crippen molar-refractivity contribution in [1.29, 1.82) is 0 Å². The van der Waals surface area contributed by atoms with Gasteiger partial charge in [-0.25, -0.2) is 5.43 Å². The summed E-state index contributed by atoms with van der Waals surface area (Å²) < 4.78 is 5.08. The highest BCUT2D eigenvalue weighted by molar-refractivity contribution is 5.97. The van der Waals surface area contributed by atoms with E-state index in [4.69, 9.17) is 4.74 Å². The fourth-order valence-electron chi connectivity index (χ4n) is 2.52. The first-order valence-electron chi connectivity index (χ1n) is 7.83. The van der Waals surface area contributed by atoms with E-state index in [1.807, 2.05) is 42.5 Å². The van der Waals surface area contributed by atoms with Gasteiger partial charge in [-0.3, -0.25) is 4.79 Å². The van der Waals surface area contributed by atoms with Gasteiger partial charge in [-0.2, -0.15) is 5.10 Å². The quantitative estimate of drug-likeness (QED) is 0.556. The van der Waals surface area contributed by atoms with Crippen molar-refractivity contribution in [3.8, 4) is 11.5 Å². The van der Waals surface area contributed by atoms with Gasteiger partial charge in [-0.15, -0.1) is 0 Å². The predicted molar refractivity (Wildman–Crippen MR) is 98.0 cm³/mol. The lowest BCUT2D eigenvalue weighted by Gasteiger charge is -2.05. The molecule has 0 aliphatic rings. The topological polar surface area (TPSA) is 70.9 Å². The average Bonchev–Trinajstić information content (AvgIpc) is 2.64. The van der Waals surface area contributed by atoms with Crippen molar-refractivity contribution in [1.82, 2.24) is 5.43 Å². The molecule has 0 radical (unpaired) electrons. The van der Waals surface area contributed by atoms with Crippen LogP contribution in [0.2, 0.25) is 0 Å². The zero-order chi connectivity index (χ0) is 17.6. The third-order valence-corrected chi connectivity index (χ3v) is 3.85. The number of carbonyl (C=O) groups excluding carboxylic acids is 1. The second-order valence-electron chi connectivity index (χ2n) is 5.54. The van der Waals surface area contributed by atoms with Crippen molar-refractivity contribution in [2.75, 3.05) is 7.11 Å². The number of nitrogens with one attached hydrogen (secondary N) is 1. The third kappa shape index (κ3) is 3.95. The predicted octanol–water partition coefficient (Wildman–Crippen LogP) is 3.25. The molecule has 0 atom stereocenters. The Morgan fingerprint density at radius 3 is 2.64 bits per heavy atom. The lowest BCUT2D eigenvalue weighted by molar-refractivity contribution is -0.120. The van der Waals surface area contributed by atoms with Crippen LogP contribution in [0.4, 0.5) is 0 Å². The molecule has 2 N–H and O–H groups in total. The first-order chi connectivity index (χ1) is 12.2. The van der Waals surface area contributed by atoms with E-state index < -0.39 is 0 Å². The van der Waals surface area contributed by atoms with Crippen molar-refractivity contribution < 1.29 is 14.6 Å². The number of benzene rings is 3. The molecule has 0 unspecified atom stereocenters. The number of hydrazone groups is 1. The fraction of sp³-hybridized carbons (Fsp3) is 0.100. The zero-order valence-corrected chi connectivity index (χ0v) is 13.8. The molecule has 0 aliphatic heterocycles. The van der Waals surface area contributed by atoms with Gasteiger partial charge in [0.05, 0.1) is 19.7 Å². The normalized spacial score (nSPS) is 10.9. The van der Waals surface area contributed by atoms with Crippen molar-refractivity contribution in [2.45, 2.75) is 6.42 Å². The van der Waals surface area contributed by atoms with Crippen molar-refractivity contribution >= 4 is 22.9 Å². The number of methoxy groups -OCH3 is 1. The van der Waals surface area contributed by atoms with E-state index in [0.29, 0.717) is 5.56 Å². The second kappa shape index (κ2) is 7.49. The second-order valence-corrected chi connectivity index (χ2v) is 5.54. The molecule has 3 rings (SSSR count). The number of aromatic hydroxyl groups is 1. The first kappa shape index (κ1) is 16.5. The summed E-state index contributed by atoms with van der Waals surface area (Å²) in [7, 11) is 1.60. The number of amides is 1. The van der Waals surface area contributed by atoms with E-state index in [1.165, 1.54) is 6.21 Å². The minimum absolute atomic E-state index is 0.145. The van der Waals surface area contributed by atoms with Crippen LogP contribution in [0.15, 0.2) is 65.8 Å². The molecule has 126 valence electrons. The standard InChI is InChI=1S/C20H18N2O3/c1-25-17-10-6-14(7-11-17)12-19(23)22-21-13-16-9-8-15-4-2-3-5-18(15)20(16)24/h2-11,13,24H,12H2,1H3,(H,22,23). The molecule has 0 spiro atoms. The molecular formula is C20H18N2O3. The average molecular weight is 334 g/mol. The van der Waals surface area contributed by atoms with Crippen LogP contribution < -0.4 is 10.2 Å². The summed E-state index contributed by atoms with van der Waals surface area (Å²) in [5.74, 6) is 0.655. The van der Waals surface area contributed by atoms with E-state index in [1.54, 1.807) is 25.3 Å². The SMILES string of the molecule is COc1ccc(CC(=O)NN=Cc2ccc3ccccc3c2O)cc1. The van der Waals surface area contributed by atoms with Crippen LogP contribution in [-0.2, 0) is 11.2 Å². The molecule has 0 saturated carbocycles. The minimum atomic E-state index is -0.235. The number of fused-ring (bicyclic) bond motifs is 1. The van der Waals surface area contributed by atoms with Crippen LogP contribution in [0.5, 0.6) is 11.5 Å². The Morgan fingerprint density at radius 2 is 1.88 bits per heavy atom.